The average molecular weight is 196 g/mol. The van der Waals surface area contributed by atoms with E-state index in [2.05, 4.69) is 24.1 Å². The van der Waals surface area contributed by atoms with Gasteiger partial charge in [0.2, 0.25) is 0 Å². The fraction of sp³-hybridized carbons (Fsp3) is 1.00. The van der Waals surface area contributed by atoms with Crippen molar-refractivity contribution < 1.29 is 0 Å². The zero-order chi connectivity index (χ0) is 9.97. The molecule has 1 saturated carbocycles. The van der Waals surface area contributed by atoms with Gasteiger partial charge in [0.05, 0.1) is 0 Å². The van der Waals surface area contributed by atoms with Gasteiger partial charge in [-0.25, -0.2) is 0 Å². The molecule has 0 bridgehead atoms. The zero-order valence-electron chi connectivity index (χ0n) is 9.63. The molecule has 0 aromatic carbocycles. The fourth-order valence-electron chi connectivity index (χ4n) is 2.50. The van der Waals surface area contributed by atoms with Gasteiger partial charge < -0.3 is 5.32 Å². The molecule has 1 saturated heterocycles. The average Bonchev–Trinajstić information content (AvgIpc) is 2.84. The highest BCUT2D eigenvalue weighted by molar-refractivity contribution is 4.89. The van der Waals surface area contributed by atoms with Crippen LogP contribution in [0.15, 0.2) is 0 Å². The van der Waals surface area contributed by atoms with Crippen LogP contribution in [-0.2, 0) is 0 Å². The molecule has 0 amide bonds. The van der Waals surface area contributed by atoms with Crippen LogP contribution in [0.1, 0.15) is 39.5 Å². The van der Waals surface area contributed by atoms with Crippen LogP contribution in [0.4, 0.5) is 0 Å². The number of rotatable bonds is 6. The van der Waals surface area contributed by atoms with Gasteiger partial charge in [0.15, 0.2) is 0 Å². The van der Waals surface area contributed by atoms with E-state index in [-0.39, 0.29) is 0 Å². The number of nitrogens with one attached hydrogen (secondary N) is 1. The van der Waals surface area contributed by atoms with Gasteiger partial charge in [-0.1, -0.05) is 19.8 Å². The maximum atomic E-state index is 3.38. The predicted molar refractivity (Wildman–Crippen MR) is 60.5 cm³/mol. The summed E-state index contributed by atoms with van der Waals surface area (Å²) in [6.07, 6.45) is 5.72. The van der Waals surface area contributed by atoms with Crippen LogP contribution in [0.25, 0.3) is 0 Å². The highest BCUT2D eigenvalue weighted by Crippen LogP contribution is 2.35. The van der Waals surface area contributed by atoms with Crippen molar-refractivity contribution in [2.45, 2.75) is 51.6 Å². The molecule has 2 rings (SSSR count). The normalized spacial score (nSPS) is 25.1. The molecule has 0 aromatic rings. The molecule has 1 N–H and O–H groups in total. The first-order valence-corrected chi connectivity index (χ1v) is 6.27. The first-order valence-electron chi connectivity index (χ1n) is 6.27. The summed E-state index contributed by atoms with van der Waals surface area (Å²) >= 11 is 0. The predicted octanol–water partition coefficient (Wildman–Crippen LogP) is 1.86. The Balaban J connectivity index is 1.79. The Morgan fingerprint density at radius 1 is 1.36 bits per heavy atom. The van der Waals surface area contributed by atoms with Crippen LogP contribution >= 0.6 is 0 Å². The standard InChI is InChI=1S/C12H24N2/c1-3-6-14(12-8-13-9-12)10(2)7-11-4-5-11/h10-13H,3-9H2,1-2H3. The van der Waals surface area contributed by atoms with E-state index in [0.29, 0.717) is 0 Å². The van der Waals surface area contributed by atoms with Gasteiger partial charge in [0.1, 0.15) is 0 Å². The van der Waals surface area contributed by atoms with Gasteiger partial charge in [-0.2, -0.15) is 0 Å². The summed E-state index contributed by atoms with van der Waals surface area (Å²) in [4.78, 5) is 2.73. The molecule has 1 aliphatic heterocycles. The monoisotopic (exact) mass is 196 g/mol. The van der Waals surface area contributed by atoms with Gasteiger partial charge in [-0.15, -0.1) is 0 Å². The Labute approximate surface area is 88.1 Å². The highest BCUT2D eigenvalue weighted by Gasteiger charge is 2.31. The summed E-state index contributed by atoms with van der Waals surface area (Å²) < 4.78 is 0. The molecule has 2 fully saturated rings. The van der Waals surface area contributed by atoms with E-state index in [1.165, 1.54) is 45.3 Å². The Morgan fingerprint density at radius 2 is 2.07 bits per heavy atom. The second kappa shape index (κ2) is 4.63. The highest BCUT2D eigenvalue weighted by atomic mass is 15.2. The molecule has 1 heterocycles. The molecular formula is C12H24N2. The minimum Gasteiger partial charge on any atom is -0.314 e. The summed E-state index contributed by atoms with van der Waals surface area (Å²) in [5.41, 5.74) is 0. The second-order valence-corrected chi connectivity index (χ2v) is 5.08. The summed E-state index contributed by atoms with van der Waals surface area (Å²) in [5, 5.41) is 3.38. The molecule has 0 aromatic heterocycles. The molecule has 0 spiro atoms. The van der Waals surface area contributed by atoms with Crippen LogP contribution in [0.3, 0.4) is 0 Å². The van der Waals surface area contributed by atoms with Crippen LogP contribution in [0.2, 0.25) is 0 Å². The van der Waals surface area contributed by atoms with E-state index >= 15 is 0 Å². The second-order valence-electron chi connectivity index (χ2n) is 5.08. The third-order valence-corrected chi connectivity index (χ3v) is 3.65. The van der Waals surface area contributed by atoms with Gasteiger partial charge in [-0.3, -0.25) is 4.90 Å². The summed E-state index contributed by atoms with van der Waals surface area (Å²) in [7, 11) is 0. The molecule has 2 nitrogen and oxygen atoms in total. The Kier molecular flexibility index (Phi) is 3.45. The number of hydrogen-bond donors (Lipinski definition) is 1. The topological polar surface area (TPSA) is 15.3 Å². The van der Waals surface area contributed by atoms with Crippen LogP contribution < -0.4 is 5.32 Å². The van der Waals surface area contributed by atoms with Crippen molar-refractivity contribution in [3.63, 3.8) is 0 Å². The van der Waals surface area contributed by atoms with Crippen molar-refractivity contribution >= 4 is 0 Å². The summed E-state index contributed by atoms with van der Waals surface area (Å²) in [5.74, 6) is 1.07. The van der Waals surface area contributed by atoms with Crippen molar-refractivity contribution in [1.29, 1.82) is 0 Å². The lowest BCUT2D eigenvalue weighted by molar-refractivity contribution is 0.0953. The maximum Gasteiger partial charge on any atom is 0.0348 e. The lowest BCUT2D eigenvalue weighted by Gasteiger charge is -2.42. The first-order chi connectivity index (χ1) is 6.81. The van der Waals surface area contributed by atoms with Crippen LogP contribution in [0, 0.1) is 5.92 Å². The van der Waals surface area contributed by atoms with Gasteiger partial charge in [-0.05, 0) is 32.2 Å². The number of hydrogen-bond acceptors (Lipinski definition) is 2. The molecule has 1 aliphatic carbocycles. The Bertz CT molecular complexity index is 173. The Hall–Kier alpha value is -0.0800. The lowest BCUT2D eigenvalue weighted by Crippen LogP contribution is -2.59. The molecule has 82 valence electrons. The zero-order valence-corrected chi connectivity index (χ0v) is 9.63. The largest absolute Gasteiger partial charge is 0.314 e. The van der Waals surface area contributed by atoms with E-state index in [0.717, 1.165) is 18.0 Å². The van der Waals surface area contributed by atoms with Gasteiger partial charge >= 0.3 is 0 Å². The lowest BCUT2D eigenvalue weighted by atomic mass is 10.0. The third kappa shape index (κ3) is 2.48. The van der Waals surface area contributed by atoms with Crippen LogP contribution in [0.5, 0.6) is 0 Å². The van der Waals surface area contributed by atoms with Crippen molar-refractivity contribution in [1.82, 2.24) is 10.2 Å². The van der Waals surface area contributed by atoms with Gasteiger partial charge in [0, 0.05) is 25.2 Å². The van der Waals surface area contributed by atoms with E-state index in [1.54, 1.807) is 0 Å². The maximum absolute atomic E-state index is 3.38. The molecule has 1 atom stereocenters. The fourth-order valence-corrected chi connectivity index (χ4v) is 2.50. The number of nitrogens with zero attached hydrogens (tertiary/aromatic N) is 1. The molecular weight excluding hydrogens is 172 g/mol. The quantitative estimate of drug-likeness (QED) is 0.697. The molecule has 2 heteroatoms. The van der Waals surface area contributed by atoms with Gasteiger partial charge in [0.25, 0.3) is 0 Å². The minimum atomic E-state index is 0.814. The van der Waals surface area contributed by atoms with E-state index < -0.39 is 0 Å². The first kappa shape index (κ1) is 10.4. The summed E-state index contributed by atoms with van der Waals surface area (Å²) in [6.45, 7) is 8.44. The third-order valence-electron chi connectivity index (χ3n) is 3.65. The van der Waals surface area contributed by atoms with Crippen molar-refractivity contribution in [3.05, 3.63) is 0 Å². The van der Waals surface area contributed by atoms with Crippen molar-refractivity contribution in [2.24, 2.45) is 5.92 Å². The Morgan fingerprint density at radius 3 is 2.50 bits per heavy atom. The molecule has 2 aliphatic rings. The smallest absolute Gasteiger partial charge is 0.0348 e. The molecule has 0 radical (unpaired) electrons. The van der Waals surface area contributed by atoms with Crippen molar-refractivity contribution in [3.8, 4) is 0 Å². The van der Waals surface area contributed by atoms with E-state index in [1.807, 2.05) is 0 Å². The molecule has 1 unspecified atom stereocenters. The van der Waals surface area contributed by atoms with Crippen LogP contribution in [-0.4, -0.2) is 36.6 Å². The van der Waals surface area contributed by atoms with E-state index in [9.17, 15) is 0 Å². The SMILES string of the molecule is CCCN(C(C)CC1CC1)C1CNC1. The minimum absolute atomic E-state index is 0.814. The van der Waals surface area contributed by atoms with Crippen molar-refractivity contribution in [2.75, 3.05) is 19.6 Å². The molecule has 14 heavy (non-hydrogen) atoms. The van der Waals surface area contributed by atoms with E-state index in [4.69, 9.17) is 0 Å². The summed E-state index contributed by atoms with van der Waals surface area (Å²) in [6, 6.07) is 1.65.